The van der Waals surface area contributed by atoms with E-state index >= 15 is 0 Å². The molecule has 0 radical (unpaired) electrons. The van der Waals surface area contributed by atoms with Crippen molar-refractivity contribution in [3.63, 3.8) is 0 Å². The second kappa shape index (κ2) is 3.56. The maximum absolute atomic E-state index is 10.9. The molecular weight excluding hydrogens is 218 g/mol. The number of rotatable bonds is 3. The lowest BCUT2D eigenvalue weighted by atomic mass is 10.2. The molecule has 0 unspecified atom stereocenters. The predicted octanol–water partition coefficient (Wildman–Crippen LogP) is 1.53. The molecule has 1 aromatic heterocycles. The van der Waals surface area contributed by atoms with Gasteiger partial charge in [0.05, 0.1) is 23.1 Å². The lowest BCUT2D eigenvalue weighted by Crippen LogP contribution is -2.06. The van der Waals surface area contributed by atoms with E-state index in [1.165, 1.54) is 0 Å². The van der Waals surface area contributed by atoms with Crippen molar-refractivity contribution in [2.75, 3.05) is 0 Å². The molecule has 0 saturated heterocycles. The van der Waals surface area contributed by atoms with E-state index in [9.17, 15) is 4.79 Å². The Morgan fingerprint density at radius 3 is 2.88 bits per heavy atom. The van der Waals surface area contributed by atoms with Gasteiger partial charge in [0.15, 0.2) is 0 Å². The first-order chi connectivity index (χ1) is 8.20. The zero-order valence-electron chi connectivity index (χ0n) is 9.26. The third-order valence-corrected chi connectivity index (χ3v) is 3.10. The van der Waals surface area contributed by atoms with Crippen LogP contribution in [0.2, 0.25) is 0 Å². The van der Waals surface area contributed by atoms with Crippen molar-refractivity contribution >= 4 is 17.0 Å². The molecule has 0 amide bonds. The van der Waals surface area contributed by atoms with E-state index in [0.29, 0.717) is 12.6 Å². The van der Waals surface area contributed by atoms with Gasteiger partial charge in [0.25, 0.3) is 0 Å². The number of carbonyl (C=O) groups is 1. The van der Waals surface area contributed by atoms with Crippen molar-refractivity contribution in [3.8, 4) is 0 Å². The molecule has 0 atom stereocenters. The number of aromatic nitrogens is 2. The quantitative estimate of drug-likeness (QED) is 0.839. The number of imidazole rings is 1. The van der Waals surface area contributed by atoms with Gasteiger partial charge in [-0.05, 0) is 31.0 Å². The summed E-state index contributed by atoms with van der Waals surface area (Å²) in [5, 5.41) is 8.94. The SMILES string of the molecule is NCc1nc2cc(C(=O)O)ccc2n1C1CC1. The molecule has 1 saturated carbocycles. The maximum Gasteiger partial charge on any atom is 0.335 e. The summed E-state index contributed by atoms with van der Waals surface area (Å²) in [5.74, 6) is -0.0905. The Morgan fingerprint density at radius 2 is 2.29 bits per heavy atom. The second-order valence-electron chi connectivity index (χ2n) is 4.34. The van der Waals surface area contributed by atoms with Gasteiger partial charge >= 0.3 is 5.97 Å². The fourth-order valence-electron chi connectivity index (χ4n) is 2.17. The van der Waals surface area contributed by atoms with Crippen LogP contribution in [0, 0.1) is 0 Å². The number of fused-ring (bicyclic) bond motifs is 1. The third kappa shape index (κ3) is 1.59. The standard InChI is InChI=1S/C12H13N3O2/c13-6-11-14-9-5-7(12(16)17)1-4-10(9)15(11)8-2-3-8/h1,4-5,8H,2-3,6,13H2,(H,16,17). The summed E-state index contributed by atoms with van der Waals surface area (Å²) in [5.41, 5.74) is 7.65. The van der Waals surface area contributed by atoms with Crippen LogP contribution in [0.25, 0.3) is 11.0 Å². The highest BCUT2D eigenvalue weighted by molar-refractivity contribution is 5.92. The Labute approximate surface area is 97.9 Å². The number of hydrogen-bond donors (Lipinski definition) is 2. The number of nitrogens with zero attached hydrogens (tertiary/aromatic N) is 2. The minimum absolute atomic E-state index is 0.265. The molecule has 1 aliphatic carbocycles. The number of benzene rings is 1. The van der Waals surface area contributed by atoms with E-state index < -0.39 is 5.97 Å². The van der Waals surface area contributed by atoms with Crippen molar-refractivity contribution in [1.82, 2.24) is 9.55 Å². The van der Waals surface area contributed by atoms with E-state index in [2.05, 4.69) is 9.55 Å². The topological polar surface area (TPSA) is 81.1 Å². The first-order valence-electron chi connectivity index (χ1n) is 5.65. The molecule has 1 aromatic carbocycles. The fraction of sp³-hybridized carbons (Fsp3) is 0.333. The molecule has 1 fully saturated rings. The molecule has 0 aliphatic heterocycles. The Hall–Kier alpha value is -1.88. The minimum atomic E-state index is -0.929. The smallest absolute Gasteiger partial charge is 0.335 e. The molecule has 88 valence electrons. The molecule has 1 heterocycles. The molecule has 1 aliphatic rings. The van der Waals surface area contributed by atoms with Crippen LogP contribution in [-0.4, -0.2) is 20.6 Å². The molecule has 0 bridgehead atoms. The number of hydrogen-bond acceptors (Lipinski definition) is 3. The van der Waals surface area contributed by atoms with Gasteiger partial charge in [-0.1, -0.05) is 0 Å². The summed E-state index contributed by atoms with van der Waals surface area (Å²) < 4.78 is 2.14. The first kappa shape index (κ1) is 10.3. The van der Waals surface area contributed by atoms with E-state index in [-0.39, 0.29) is 5.56 Å². The van der Waals surface area contributed by atoms with Crippen molar-refractivity contribution in [3.05, 3.63) is 29.6 Å². The van der Waals surface area contributed by atoms with Gasteiger partial charge < -0.3 is 15.4 Å². The third-order valence-electron chi connectivity index (χ3n) is 3.10. The van der Waals surface area contributed by atoms with Crippen LogP contribution in [0.5, 0.6) is 0 Å². The van der Waals surface area contributed by atoms with Crippen LogP contribution in [0.1, 0.15) is 35.1 Å². The first-order valence-corrected chi connectivity index (χ1v) is 5.65. The van der Waals surface area contributed by atoms with Crippen molar-refractivity contribution in [2.45, 2.75) is 25.4 Å². The number of aromatic carboxylic acids is 1. The fourth-order valence-corrected chi connectivity index (χ4v) is 2.17. The number of carboxylic acids is 1. The molecule has 5 heteroatoms. The summed E-state index contributed by atoms with van der Waals surface area (Å²) in [7, 11) is 0. The van der Waals surface area contributed by atoms with Crippen LogP contribution < -0.4 is 5.73 Å². The Morgan fingerprint density at radius 1 is 1.53 bits per heavy atom. The minimum Gasteiger partial charge on any atom is -0.478 e. The van der Waals surface area contributed by atoms with Gasteiger partial charge in [0.1, 0.15) is 5.82 Å². The van der Waals surface area contributed by atoms with Crippen LogP contribution in [0.4, 0.5) is 0 Å². The van der Waals surface area contributed by atoms with Crippen molar-refractivity contribution in [1.29, 1.82) is 0 Å². The van der Waals surface area contributed by atoms with Crippen LogP contribution in [0.15, 0.2) is 18.2 Å². The molecular formula is C12H13N3O2. The van der Waals surface area contributed by atoms with E-state index in [1.54, 1.807) is 12.1 Å². The molecule has 5 nitrogen and oxygen atoms in total. The molecule has 2 aromatic rings. The maximum atomic E-state index is 10.9. The zero-order chi connectivity index (χ0) is 12.0. The highest BCUT2D eigenvalue weighted by atomic mass is 16.4. The Bertz CT molecular complexity index is 599. The molecule has 3 N–H and O–H groups in total. The van der Waals surface area contributed by atoms with Gasteiger partial charge in [0.2, 0.25) is 0 Å². The Kier molecular flexibility index (Phi) is 2.16. The largest absolute Gasteiger partial charge is 0.478 e. The normalized spacial score (nSPS) is 15.4. The summed E-state index contributed by atoms with van der Waals surface area (Å²) in [6.45, 7) is 0.383. The summed E-state index contributed by atoms with van der Waals surface area (Å²) in [6, 6.07) is 5.54. The van der Waals surface area contributed by atoms with Gasteiger partial charge in [-0.25, -0.2) is 9.78 Å². The van der Waals surface area contributed by atoms with Gasteiger partial charge in [0, 0.05) is 6.04 Å². The summed E-state index contributed by atoms with van der Waals surface area (Å²) in [4.78, 5) is 15.3. The van der Waals surface area contributed by atoms with Crippen LogP contribution in [-0.2, 0) is 6.54 Å². The van der Waals surface area contributed by atoms with E-state index in [0.717, 1.165) is 29.7 Å². The highest BCUT2D eigenvalue weighted by Crippen LogP contribution is 2.38. The average Bonchev–Trinajstić information content (AvgIpc) is 3.08. The van der Waals surface area contributed by atoms with Gasteiger partial charge in [-0.3, -0.25) is 0 Å². The predicted molar refractivity (Wildman–Crippen MR) is 62.9 cm³/mol. The number of carboxylic acid groups (broad SMARTS) is 1. The monoisotopic (exact) mass is 231 g/mol. The molecule has 0 spiro atoms. The van der Waals surface area contributed by atoms with E-state index in [4.69, 9.17) is 10.8 Å². The average molecular weight is 231 g/mol. The lowest BCUT2D eigenvalue weighted by Gasteiger charge is -2.05. The summed E-state index contributed by atoms with van der Waals surface area (Å²) >= 11 is 0. The van der Waals surface area contributed by atoms with Gasteiger partial charge in [-0.2, -0.15) is 0 Å². The molecule has 17 heavy (non-hydrogen) atoms. The highest BCUT2D eigenvalue weighted by Gasteiger charge is 2.27. The van der Waals surface area contributed by atoms with E-state index in [1.807, 2.05) is 6.07 Å². The summed E-state index contributed by atoms with van der Waals surface area (Å²) in [6.07, 6.45) is 2.30. The van der Waals surface area contributed by atoms with Crippen molar-refractivity contribution in [2.24, 2.45) is 5.73 Å². The molecule has 3 rings (SSSR count). The Balaban J connectivity index is 2.22. The number of nitrogens with two attached hydrogens (primary N) is 1. The van der Waals surface area contributed by atoms with Gasteiger partial charge in [-0.15, -0.1) is 0 Å². The zero-order valence-corrected chi connectivity index (χ0v) is 9.26. The van der Waals surface area contributed by atoms with Crippen molar-refractivity contribution < 1.29 is 9.90 Å². The van der Waals surface area contributed by atoms with Crippen LogP contribution in [0.3, 0.4) is 0 Å². The second-order valence-corrected chi connectivity index (χ2v) is 4.34. The lowest BCUT2D eigenvalue weighted by molar-refractivity contribution is 0.0697. The van der Waals surface area contributed by atoms with Crippen LogP contribution >= 0.6 is 0 Å².